The molecule has 4 heteroatoms. The van der Waals surface area contributed by atoms with Gasteiger partial charge in [0.2, 0.25) is 0 Å². The summed E-state index contributed by atoms with van der Waals surface area (Å²) in [6.45, 7) is 12.2. The second-order valence-corrected chi connectivity index (χ2v) is 7.81. The minimum atomic E-state index is -0.140. The largest absolute Gasteiger partial charge is 0.351 e. The summed E-state index contributed by atoms with van der Waals surface area (Å²) in [6, 6.07) is 0. The molecule has 2 spiro atoms. The van der Waals surface area contributed by atoms with Crippen LogP contribution in [0.3, 0.4) is 0 Å². The number of rotatable bonds is 0. The van der Waals surface area contributed by atoms with Crippen LogP contribution in [0.25, 0.3) is 0 Å². The number of hydrogen-bond donors (Lipinski definition) is 3. The zero-order valence-electron chi connectivity index (χ0n) is 12.2. The topological polar surface area (TPSA) is 45.3 Å². The quantitative estimate of drug-likeness (QED) is 0.602. The first-order valence-corrected chi connectivity index (χ1v) is 7.19. The third-order valence-corrected chi connectivity index (χ3v) is 4.47. The van der Waals surface area contributed by atoms with Gasteiger partial charge in [-0.15, -0.1) is 0 Å². The van der Waals surface area contributed by atoms with Gasteiger partial charge in [0.1, 0.15) is 5.72 Å². The molecule has 0 amide bonds. The van der Waals surface area contributed by atoms with Crippen LogP contribution in [-0.4, -0.2) is 42.0 Å². The Morgan fingerprint density at radius 1 is 0.944 bits per heavy atom. The molecule has 4 nitrogen and oxygen atoms in total. The Hall–Kier alpha value is -0.160. The highest BCUT2D eigenvalue weighted by Gasteiger charge is 2.55. The summed E-state index contributed by atoms with van der Waals surface area (Å²) in [5.74, 6) is 0. The highest BCUT2D eigenvalue weighted by atomic mass is 16.5. The van der Waals surface area contributed by atoms with Crippen molar-refractivity contribution in [2.24, 2.45) is 0 Å². The maximum atomic E-state index is 6.60. The van der Waals surface area contributed by atoms with Gasteiger partial charge in [-0.05, 0) is 34.1 Å². The fourth-order valence-electron chi connectivity index (χ4n) is 4.36. The molecule has 0 unspecified atom stereocenters. The Labute approximate surface area is 110 Å². The molecule has 0 aliphatic carbocycles. The number of nitrogens with one attached hydrogen (secondary N) is 3. The molecule has 0 aromatic carbocycles. The van der Waals surface area contributed by atoms with Crippen molar-refractivity contribution in [1.29, 1.82) is 0 Å². The van der Waals surface area contributed by atoms with Crippen molar-refractivity contribution in [3.8, 4) is 0 Å². The van der Waals surface area contributed by atoms with Crippen molar-refractivity contribution in [3.63, 3.8) is 0 Å². The summed E-state index contributed by atoms with van der Waals surface area (Å²) in [6.07, 6.45) is 3.20. The van der Waals surface area contributed by atoms with Crippen LogP contribution >= 0.6 is 0 Å². The van der Waals surface area contributed by atoms with Crippen molar-refractivity contribution in [2.45, 2.75) is 69.4 Å². The number of ether oxygens (including phenoxy) is 1. The molecule has 3 aliphatic rings. The Bertz CT molecular complexity index is 331. The van der Waals surface area contributed by atoms with Gasteiger partial charge >= 0.3 is 0 Å². The van der Waals surface area contributed by atoms with Gasteiger partial charge in [-0.2, -0.15) is 0 Å². The Morgan fingerprint density at radius 3 is 2.06 bits per heavy atom. The molecule has 0 aromatic rings. The van der Waals surface area contributed by atoms with E-state index in [9.17, 15) is 0 Å². The van der Waals surface area contributed by atoms with Gasteiger partial charge in [-0.1, -0.05) is 0 Å². The van der Waals surface area contributed by atoms with Crippen LogP contribution in [-0.2, 0) is 4.74 Å². The lowest BCUT2D eigenvalue weighted by Crippen LogP contribution is -2.76. The second-order valence-electron chi connectivity index (χ2n) is 7.81. The molecule has 3 saturated heterocycles. The van der Waals surface area contributed by atoms with E-state index in [1.165, 1.54) is 0 Å². The van der Waals surface area contributed by atoms with Crippen molar-refractivity contribution in [2.75, 3.05) is 19.6 Å². The van der Waals surface area contributed by atoms with E-state index in [-0.39, 0.29) is 22.4 Å². The van der Waals surface area contributed by atoms with Gasteiger partial charge in [0.05, 0.1) is 5.60 Å². The smallest absolute Gasteiger partial charge is 0.123 e. The summed E-state index contributed by atoms with van der Waals surface area (Å²) in [5.41, 5.74) is 0.197. The van der Waals surface area contributed by atoms with Gasteiger partial charge in [-0.3, -0.25) is 5.32 Å². The molecule has 104 valence electrons. The van der Waals surface area contributed by atoms with Crippen LogP contribution in [0.5, 0.6) is 0 Å². The lowest BCUT2D eigenvalue weighted by molar-refractivity contribution is -0.245. The molecule has 0 bridgehead atoms. The average molecular weight is 253 g/mol. The number of hydrogen-bond acceptors (Lipinski definition) is 4. The van der Waals surface area contributed by atoms with E-state index >= 15 is 0 Å². The minimum absolute atomic E-state index is 0.106. The fourth-order valence-corrected chi connectivity index (χ4v) is 4.36. The van der Waals surface area contributed by atoms with E-state index in [1.54, 1.807) is 0 Å². The van der Waals surface area contributed by atoms with E-state index in [4.69, 9.17) is 4.74 Å². The Kier molecular flexibility index (Phi) is 2.63. The first kappa shape index (κ1) is 12.9. The summed E-state index contributed by atoms with van der Waals surface area (Å²) in [4.78, 5) is 0. The fraction of sp³-hybridized carbons (Fsp3) is 1.00. The molecule has 0 saturated carbocycles. The normalized spacial score (nSPS) is 35.3. The molecule has 3 N–H and O–H groups in total. The first-order valence-electron chi connectivity index (χ1n) is 7.19. The summed E-state index contributed by atoms with van der Waals surface area (Å²) >= 11 is 0. The highest BCUT2D eigenvalue weighted by molar-refractivity contribution is 5.09. The van der Waals surface area contributed by atoms with E-state index in [2.05, 4.69) is 43.6 Å². The lowest BCUT2D eigenvalue weighted by Gasteiger charge is -2.60. The monoisotopic (exact) mass is 253 g/mol. The predicted molar refractivity (Wildman–Crippen MR) is 72.6 cm³/mol. The van der Waals surface area contributed by atoms with Crippen LogP contribution < -0.4 is 16.0 Å². The summed E-state index contributed by atoms with van der Waals surface area (Å²) in [7, 11) is 0. The van der Waals surface area contributed by atoms with Gasteiger partial charge in [0, 0.05) is 43.6 Å². The zero-order chi connectivity index (χ0) is 13.1. The molecule has 0 radical (unpaired) electrons. The van der Waals surface area contributed by atoms with Crippen molar-refractivity contribution < 1.29 is 4.74 Å². The molecule has 3 rings (SSSR count). The van der Waals surface area contributed by atoms with Crippen LogP contribution in [0.2, 0.25) is 0 Å². The Balaban J connectivity index is 1.84. The van der Waals surface area contributed by atoms with Crippen molar-refractivity contribution >= 4 is 0 Å². The third kappa shape index (κ3) is 2.20. The Morgan fingerprint density at radius 2 is 1.56 bits per heavy atom. The minimum Gasteiger partial charge on any atom is -0.351 e. The molecule has 18 heavy (non-hydrogen) atoms. The van der Waals surface area contributed by atoms with E-state index in [0.717, 1.165) is 38.9 Å². The van der Waals surface area contributed by atoms with Crippen molar-refractivity contribution in [1.82, 2.24) is 16.0 Å². The lowest BCUT2D eigenvalue weighted by atomic mass is 9.75. The third-order valence-electron chi connectivity index (χ3n) is 4.47. The average Bonchev–Trinajstić information content (AvgIpc) is 2.09. The van der Waals surface area contributed by atoms with E-state index in [1.807, 2.05) is 0 Å². The standard InChI is InChI=1S/C14H27N3O/c1-11(2)7-14(8-12(3,4)17-11)16-6-5-13(18-14)9-15-10-13/h15-17H,5-10H2,1-4H3. The van der Waals surface area contributed by atoms with Crippen LogP contribution in [0.1, 0.15) is 47.0 Å². The zero-order valence-corrected chi connectivity index (χ0v) is 12.2. The molecule has 0 aromatic heterocycles. The van der Waals surface area contributed by atoms with Gasteiger partial charge in [0.25, 0.3) is 0 Å². The molecule has 3 fully saturated rings. The molecule has 3 heterocycles. The maximum Gasteiger partial charge on any atom is 0.123 e. The van der Waals surface area contributed by atoms with Gasteiger partial charge in [-0.25, -0.2) is 0 Å². The predicted octanol–water partition coefficient (Wildman–Crippen LogP) is 0.975. The molecule has 0 atom stereocenters. The van der Waals surface area contributed by atoms with Gasteiger partial charge in [0.15, 0.2) is 0 Å². The van der Waals surface area contributed by atoms with E-state index < -0.39 is 0 Å². The highest BCUT2D eigenvalue weighted by Crippen LogP contribution is 2.42. The SMILES string of the molecule is CC1(C)CC2(CC(C)(C)N1)NCCC1(CNC1)O2. The van der Waals surface area contributed by atoms with Crippen molar-refractivity contribution in [3.05, 3.63) is 0 Å². The van der Waals surface area contributed by atoms with E-state index in [0.29, 0.717) is 0 Å². The molecular weight excluding hydrogens is 226 g/mol. The number of piperidine rings is 1. The maximum absolute atomic E-state index is 6.60. The van der Waals surface area contributed by atoms with Crippen LogP contribution in [0.4, 0.5) is 0 Å². The first-order chi connectivity index (χ1) is 8.24. The summed E-state index contributed by atoms with van der Waals surface area (Å²) < 4.78 is 6.60. The van der Waals surface area contributed by atoms with Crippen LogP contribution in [0.15, 0.2) is 0 Å². The second kappa shape index (κ2) is 3.69. The summed E-state index contributed by atoms with van der Waals surface area (Å²) in [5, 5.41) is 10.8. The van der Waals surface area contributed by atoms with Gasteiger partial charge < -0.3 is 15.4 Å². The molecule has 3 aliphatic heterocycles. The molecular formula is C14H27N3O. The van der Waals surface area contributed by atoms with Crippen LogP contribution in [0, 0.1) is 0 Å².